The first-order valence-corrected chi connectivity index (χ1v) is 15.4. The van der Waals surface area contributed by atoms with Crippen LogP contribution in [0.25, 0.3) is 0 Å². The SMILES string of the molecule is COc1c(Br)cc(C(C)(OC)OC)cc1C(C)(C)C.COc1c(N2CCOCC2)cc(C(C)(OC)OC)cc1C(C)(C)C. The Morgan fingerprint density at radius 2 is 1.00 bits per heavy atom. The zero-order chi connectivity index (χ0) is 32.8. The molecule has 9 heteroatoms. The lowest BCUT2D eigenvalue weighted by Crippen LogP contribution is -2.37. The van der Waals surface area contributed by atoms with Crippen molar-refractivity contribution in [3.8, 4) is 11.5 Å². The van der Waals surface area contributed by atoms with Crippen molar-refractivity contribution in [2.24, 2.45) is 0 Å². The number of methoxy groups -OCH3 is 6. The third kappa shape index (κ3) is 8.65. The van der Waals surface area contributed by atoms with Gasteiger partial charge in [-0.2, -0.15) is 0 Å². The number of rotatable bonds is 9. The largest absolute Gasteiger partial charge is 0.495 e. The standard InChI is InChI=1S/C19H31NO4.C15H23BrO3/c1-18(2,3)15-12-14(19(4,22-6)23-7)13-16(17(15)21-5)20-8-10-24-11-9-20;1-14(2,3)11-8-10(15(4,18-6)19-7)9-12(16)13(11)17-5/h12-13H,8-11H2,1-7H3;8-9H,1-7H3. The molecule has 1 aliphatic heterocycles. The van der Waals surface area contributed by atoms with Crippen LogP contribution in [0.4, 0.5) is 5.69 Å². The van der Waals surface area contributed by atoms with Crippen LogP contribution in [0.1, 0.15) is 77.6 Å². The van der Waals surface area contributed by atoms with E-state index in [4.69, 9.17) is 33.2 Å². The van der Waals surface area contributed by atoms with Crippen molar-refractivity contribution in [1.29, 1.82) is 0 Å². The van der Waals surface area contributed by atoms with E-state index < -0.39 is 11.6 Å². The van der Waals surface area contributed by atoms with Gasteiger partial charge in [0.2, 0.25) is 0 Å². The highest BCUT2D eigenvalue weighted by atomic mass is 79.9. The van der Waals surface area contributed by atoms with Gasteiger partial charge in [0.15, 0.2) is 11.6 Å². The van der Waals surface area contributed by atoms with Gasteiger partial charge in [-0.1, -0.05) is 41.5 Å². The van der Waals surface area contributed by atoms with Gasteiger partial charge < -0.3 is 38.1 Å². The van der Waals surface area contributed by atoms with Crippen LogP contribution in [0, 0.1) is 0 Å². The third-order valence-corrected chi connectivity index (χ3v) is 8.68. The second kappa shape index (κ2) is 14.9. The Hall–Kier alpha value is -1.88. The molecule has 8 nitrogen and oxygen atoms in total. The summed E-state index contributed by atoms with van der Waals surface area (Å²) in [4.78, 5) is 2.31. The first-order chi connectivity index (χ1) is 20.0. The lowest BCUT2D eigenvalue weighted by molar-refractivity contribution is -0.202. The van der Waals surface area contributed by atoms with Crippen LogP contribution in [-0.2, 0) is 46.1 Å². The van der Waals surface area contributed by atoms with E-state index in [-0.39, 0.29) is 10.8 Å². The van der Waals surface area contributed by atoms with Crippen LogP contribution in [0.5, 0.6) is 11.5 Å². The number of benzene rings is 2. The number of nitrogens with zero attached hydrogens (tertiary/aromatic N) is 1. The molecule has 1 saturated heterocycles. The Morgan fingerprint density at radius 1 is 0.605 bits per heavy atom. The normalized spacial score (nSPS) is 14.7. The monoisotopic (exact) mass is 667 g/mol. The van der Waals surface area contributed by atoms with Crippen LogP contribution in [0.3, 0.4) is 0 Å². The van der Waals surface area contributed by atoms with Crippen molar-refractivity contribution in [2.75, 3.05) is 73.9 Å². The summed E-state index contributed by atoms with van der Waals surface area (Å²) in [5, 5.41) is 0. The maximum atomic E-state index is 5.83. The molecule has 0 saturated carbocycles. The minimum atomic E-state index is -0.798. The number of morpholine rings is 1. The summed E-state index contributed by atoms with van der Waals surface area (Å²) in [6, 6.07) is 8.31. The summed E-state index contributed by atoms with van der Waals surface area (Å²) in [7, 11) is 10.0. The predicted molar refractivity (Wildman–Crippen MR) is 177 cm³/mol. The molecule has 0 amide bonds. The molecular formula is C34H54BrNO7. The van der Waals surface area contributed by atoms with Crippen molar-refractivity contribution >= 4 is 21.6 Å². The first kappa shape index (κ1) is 37.3. The van der Waals surface area contributed by atoms with Gasteiger partial charge in [0.25, 0.3) is 0 Å². The molecule has 1 fully saturated rings. The molecule has 0 radical (unpaired) electrons. The van der Waals surface area contributed by atoms with Crippen LogP contribution in [0.2, 0.25) is 0 Å². The smallest absolute Gasteiger partial charge is 0.191 e. The van der Waals surface area contributed by atoms with Crippen LogP contribution in [-0.4, -0.2) is 69.0 Å². The van der Waals surface area contributed by atoms with E-state index in [9.17, 15) is 0 Å². The average Bonchev–Trinajstić information content (AvgIpc) is 2.98. The summed E-state index contributed by atoms with van der Waals surface area (Å²) in [6.45, 7) is 20.0. The van der Waals surface area contributed by atoms with Crippen LogP contribution in [0.15, 0.2) is 28.7 Å². The highest BCUT2D eigenvalue weighted by molar-refractivity contribution is 9.10. The van der Waals surface area contributed by atoms with E-state index in [1.54, 1.807) is 42.7 Å². The van der Waals surface area contributed by atoms with Gasteiger partial charge in [-0.05, 0) is 64.9 Å². The molecule has 0 atom stereocenters. The number of ether oxygens (including phenoxy) is 7. The maximum absolute atomic E-state index is 5.83. The van der Waals surface area contributed by atoms with Crippen LogP contribution >= 0.6 is 15.9 Å². The molecule has 1 heterocycles. The Labute approximate surface area is 268 Å². The summed E-state index contributed by atoms with van der Waals surface area (Å²) in [6.07, 6.45) is 0. The topological polar surface area (TPSA) is 67.9 Å². The van der Waals surface area contributed by atoms with E-state index in [0.717, 1.165) is 70.2 Å². The summed E-state index contributed by atoms with van der Waals surface area (Å²) < 4.78 is 40.0. The fraction of sp³-hybridized carbons (Fsp3) is 0.647. The minimum absolute atomic E-state index is 0.0355. The van der Waals surface area contributed by atoms with E-state index in [1.165, 1.54) is 0 Å². The average molecular weight is 669 g/mol. The predicted octanol–water partition coefficient (Wildman–Crippen LogP) is 7.52. The number of hydrogen-bond donors (Lipinski definition) is 0. The Balaban J connectivity index is 0.000000309. The fourth-order valence-corrected chi connectivity index (χ4v) is 5.57. The van der Waals surface area contributed by atoms with Crippen molar-refractivity contribution in [3.63, 3.8) is 0 Å². The van der Waals surface area contributed by atoms with Gasteiger partial charge in [-0.3, -0.25) is 0 Å². The second-order valence-electron chi connectivity index (χ2n) is 12.9. The molecular weight excluding hydrogens is 614 g/mol. The fourth-order valence-electron chi connectivity index (χ4n) is 4.94. The van der Waals surface area contributed by atoms with Gasteiger partial charge in [0.05, 0.1) is 37.6 Å². The molecule has 2 aromatic carbocycles. The molecule has 2 aromatic rings. The molecule has 0 spiro atoms. The zero-order valence-electron chi connectivity index (χ0n) is 28.8. The highest BCUT2D eigenvalue weighted by Gasteiger charge is 2.33. The summed E-state index contributed by atoms with van der Waals surface area (Å²) in [5.41, 5.74) is 5.17. The van der Waals surface area contributed by atoms with E-state index in [0.29, 0.717) is 0 Å². The molecule has 43 heavy (non-hydrogen) atoms. The molecule has 1 aliphatic rings. The summed E-state index contributed by atoms with van der Waals surface area (Å²) in [5.74, 6) is 0.204. The molecule has 0 bridgehead atoms. The lowest BCUT2D eigenvalue weighted by Gasteiger charge is -2.35. The molecule has 0 aromatic heterocycles. The molecule has 0 N–H and O–H groups in total. The van der Waals surface area contributed by atoms with Crippen LogP contribution < -0.4 is 14.4 Å². The zero-order valence-corrected chi connectivity index (χ0v) is 30.4. The Bertz CT molecular complexity index is 1190. The Kier molecular flexibility index (Phi) is 13.0. The minimum Gasteiger partial charge on any atom is -0.495 e. The van der Waals surface area contributed by atoms with Crippen molar-refractivity contribution in [1.82, 2.24) is 0 Å². The third-order valence-electron chi connectivity index (χ3n) is 8.10. The van der Waals surface area contributed by atoms with Crippen molar-refractivity contribution < 1.29 is 33.2 Å². The van der Waals surface area contributed by atoms with E-state index in [1.807, 2.05) is 19.9 Å². The lowest BCUT2D eigenvalue weighted by atomic mass is 9.83. The molecule has 0 aliphatic carbocycles. The van der Waals surface area contributed by atoms with Gasteiger partial charge in [0, 0.05) is 63.8 Å². The van der Waals surface area contributed by atoms with Crippen molar-refractivity contribution in [3.05, 3.63) is 51.0 Å². The number of hydrogen-bond acceptors (Lipinski definition) is 8. The van der Waals surface area contributed by atoms with E-state index >= 15 is 0 Å². The first-order valence-electron chi connectivity index (χ1n) is 14.6. The molecule has 3 rings (SSSR count). The van der Waals surface area contributed by atoms with Gasteiger partial charge >= 0.3 is 0 Å². The molecule has 0 unspecified atom stereocenters. The van der Waals surface area contributed by atoms with Gasteiger partial charge in [-0.15, -0.1) is 0 Å². The van der Waals surface area contributed by atoms with Gasteiger partial charge in [0.1, 0.15) is 11.5 Å². The molecule has 244 valence electrons. The van der Waals surface area contributed by atoms with E-state index in [2.05, 4.69) is 80.6 Å². The Morgan fingerprint density at radius 3 is 1.37 bits per heavy atom. The number of halogens is 1. The second-order valence-corrected chi connectivity index (χ2v) is 13.8. The highest BCUT2D eigenvalue weighted by Crippen LogP contribution is 2.44. The maximum Gasteiger partial charge on any atom is 0.191 e. The van der Waals surface area contributed by atoms with Gasteiger partial charge in [-0.25, -0.2) is 0 Å². The number of anilines is 1. The summed E-state index contributed by atoms with van der Waals surface area (Å²) >= 11 is 3.57. The quantitative estimate of drug-likeness (QED) is 0.255. The van der Waals surface area contributed by atoms with Crippen molar-refractivity contribution in [2.45, 2.75) is 77.8 Å².